The number of fused-ring (bicyclic) bond motifs is 2. The van der Waals surface area contributed by atoms with Crippen molar-refractivity contribution in [3.8, 4) is 0 Å². The minimum absolute atomic E-state index is 0. The second-order valence-corrected chi connectivity index (χ2v) is 9.48. The summed E-state index contributed by atoms with van der Waals surface area (Å²) in [6.45, 7) is 4.76. The van der Waals surface area contributed by atoms with Crippen LogP contribution in [0.1, 0.15) is 47.9 Å². The topological polar surface area (TPSA) is 0 Å². The molecule has 0 saturated carbocycles. The van der Waals surface area contributed by atoms with Gasteiger partial charge in [0.15, 0.2) is 0 Å². The molecule has 3 heteroatoms. The van der Waals surface area contributed by atoms with Crippen molar-refractivity contribution < 1.29 is 48.0 Å². The third-order valence-corrected chi connectivity index (χ3v) is 9.03. The standard InChI is InChI=1S/2C10H9.2ClH.Zr/c2*1-8-6-7-9-4-2-3-5-10(8)9;;;/h2*2-5,7-8H,1H3;2*1H;/q;;;;+2/p-2. The fourth-order valence-corrected chi connectivity index (χ4v) is 7.22. The van der Waals surface area contributed by atoms with Gasteiger partial charge in [0.1, 0.15) is 0 Å². The third kappa shape index (κ3) is 3.29. The molecule has 0 aliphatic heterocycles. The fourth-order valence-electron chi connectivity index (χ4n) is 3.45. The van der Waals surface area contributed by atoms with Gasteiger partial charge in [-0.25, -0.2) is 0 Å². The smallest absolute Gasteiger partial charge is 1.00 e. The van der Waals surface area contributed by atoms with Gasteiger partial charge in [0, 0.05) is 0 Å². The number of hydrogen-bond acceptors (Lipinski definition) is 0. The second kappa shape index (κ2) is 7.51. The van der Waals surface area contributed by atoms with Crippen molar-refractivity contribution in [2.75, 3.05) is 0 Å². The van der Waals surface area contributed by atoms with Crippen LogP contribution in [0.5, 0.6) is 0 Å². The summed E-state index contributed by atoms with van der Waals surface area (Å²) >= 11 is -0.659. The molecule has 0 radical (unpaired) electrons. The van der Waals surface area contributed by atoms with Crippen LogP contribution in [0, 0.1) is 0 Å². The molecule has 2 aliphatic rings. The SMILES string of the molecule is CC1[C]([Zr+2][C]2=Cc3ccccc3C2C)=Cc2ccccc21.[Cl-].[Cl-]. The van der Waals surface area contributed by atoms with Gasteiger partial charge in [-0.3, -0.25) is 0 Å². The Morgan fingerprint density at radius 1 is 0.652 bits per heavy atom. The maximum atomic E-state index is 2.47. The van der Waals surface area contributed by atoms with Crippen LogP contribution in [0.25, 0.3) is 12.2 Å². The van der Waals surface area contributed by atoms with Gasteiger partial charge >= 0.3 is 138 Å². The Hall–Kier alpha value is -0.617. The molecule has 2 unspecified atom stereocenters. The number of rotatable bonds is 2. The average molecular weight is 420 g/mol. The van der Waals surface area contributed by atoms with Crippen molar-refractivity contribution in [1.82, 2.24) is 0 Å². The molecular formula is C20H18Cl2Zr. The van der Waals surface area contributed by atoms with Crippen LogP contribution in [-0.2, 0) is 23.2 Å². The van der Waals surface area contributed by atoms with E-state index in [0.29, 0.717) is 11.8 Å². The normalized spacial score (nSPS) is 20.3. The summed E-state index contributed by atoms with van der Waals surface area (Å²) in [5, 5.41) is 0. The number of benzene rings is 2. The Morgan fingerprint density at radius 3 is 1.43 bits per heavy atom. The average Bonchev–Trinajstić information content (AvgIpc) is 2.99. The summed E-state index contributed by atoms with van der Waals surface area (Å²) < 4.78 is 3.46. The molecule has 0 saturated heterocycles. The van der Waals surface area contributed by atoms with Crippen molar-refractivity contribution in [3.05, 3.63) is 77.3 Å². The van der Waals surface area contributed by atoms with Crippen LogP contribution in [0.3, 0.4) is 0 Å². The Bertz CT molecular complexity index is 711. The van der Waals surface area contributed by atoms with Crippen molar-refractivity contribution in [2.24, 2.45) is 0 Å². The quantitative estimate of drug-likeness (QED) is 0.609. The fraction of sp³-hybridized carbons (Fsp3) is 0.200. The van der Waals surface area contributed by atoms with E-state index >= 15 is 0 Å². The van der Waals surface area contributed by atoms with E-state index in [2.05, 4.69) is 74.5 Å². The summed E-state index contributed by atoms with van der Waals surface area (Å²) in [6, 6.07) is 17.8. The molecule has 2 aromatic rings. The summed E-state index contributed by atoms with van der Waals surface area (Å²) in [6.07, 6.45) is 4.95. The molecule has 4 rings (SSSR count). The van der Waals surface area contributed by atoms with Crippen LogP contribution in [0.15, 0.2) is 55.1 Å². The Kier molecular flexibility index (Phi) is 6.12. The van der Waals surface area contributed by atoms with Crippen molar-refractivity contribution >= 4 is 12.2 Å². The molecule has 23 heavy (non-hydrogen) atoms. The summed E-state index contributed by atoms with van der Waals surface area (Å²) in [5.41, 5.74) is 5.95. The van der Waals surface area contributed by atoms with Crippen LogP contribution in [0.2, 0.25) is 0 Å². The molecule has 2 aromatic carbocycles. The molecule has 2 aliphatic carbocycles. The minimum atomic E-state index is -0.659. The third-order valence-electron chi connectivity index (χ3n) is 4.77. The van der Waals surface area contributed by atoms with Crippen LogP contribution in [0.4, 0.5) is 0 Å². The zero-order chi connectivity index (χ0) is 14.4. The zero-order valence-corrected chi connectivity index (χ0v) is 17.2. The van der Waals surface area contributed by atoms with Crippen LogP contribution in [-0.4, -0.2) is 0 Å². The van der Waals surface area contributed by atoms with Crippen molar-refractivity contribution in [3.63, 3.8) is 0 Å². The van der Waals surface area contributed by atoms with E-state index in [9.17, 15) is 0 Å². The minimum Gasteiger partial charge on any atom is -1.00 e. The predicted octanol–water partition coefficient (Wildman–Crippen LogP) is -0.607. The zero-order valence-electron chi connectivity index (χ0n) is 13.2. The van der Waals surface area contributed by atoms with E-state index in [1.807, 2.05) is 0 Å². The Labute approximate surface area is 162 Å². The van der Waals surface area contributed by atoms with Gasteiger partial charge < -0.3 is 24.8 Å². The van der Waals surface area contributed by atoms with Gasteiger partial charge in [-0.05, 0) is 0 Å². The van der Waals surface area contributed by atoms with Gasteiger partial charge in [-0.2, -0.15) is 0 Å². The van der Waals surface area contributed by atoms with Crippen molar-refractivity contribution in [2.45, 2.75) is 25.7 Å². The van der Waals surface area contributed by atoms with E-state index < -0.39 is 23.2 Å². The largest absolute Gasteiger partial charge is 1.00 e. The maximum absolute atomic E-state index is 2.47. The van der Waals surface area contributed by atoms with Crippen molar-refractivity contribution in [1.29, 1.82) is 0 Å². The Morgan fingerprint density at radius 2 is 1.04 bits per heavy atom. The molecule has 0 spiro atoms. The molecule has 0 nitrogen and oxygen atoms in total. The molecule has 0 aromatic heterocycles. The van der Waals surface area contributed by atoms with Gasteiger partial charge in [0.25, 0.3) is 0 Å². The Balaban J connectivity index is 0.000000960. The van der Waals surface area contributed by atoms with Gasteiger partial charge in [0.05, 0.1) is 0 Å². The van der Waals surface area contributed by atoms with Gasteiger partial charge in [-0.1, -0.05) is 0 Å². The molecule has 2 atom stereocenters. The first-order valence-corrected chi connectivity index (χ1v) is 10.1. The van der Waals surface area contributed by atoms with Crippen LogP contribution < -0.4 is 24.8 Å². The molecule has 0 fully saturated rings. The summed E-state index contributed by atoms with van der Waals surface area (Å²) in [4.78, 5) is 0. The van der Waals surface area contributed by atoms with E-state index in [1.165, 1.54) is 22.3 Å². The summed E-state index contributed by atoms with van der Waals surface area (Å²) in [5.74, 6) is 1.26. The molecule has 0 amide bonds. The van der Waals surface area contributed by atoms with Crippen LogP contribution >= 0.6 is 0 Å². The number of halogens is 2. The molecule has 116 valence electrons. The number of allylic oxidation sites excluding steroid dienone is 2. The van der Waals surface area contributed by atoms with Gasteiger partial charge in [-0.15, -0.1) is 0 Å². The summed E-state index contributed by atoms with van der Waals surface area (Å²) in [7, 11) is 0. The van der Waals surface area contributed by atoms with Gasteiger partial charge in [0.2, 0.25) is 0 Å². The first-order chi connectivity index (χ1) is 10.2. The number of hydrogen-bond donors (Lipinski definition) is 0. The van der Waals surface area contributed by atoms with E-state index in [4.69, 9.17) is 0 Å². The maximum Gasteiger partial charge on any atom is -1.00 e. The van der Waals surface area contributed by atoms with E-state index in [0.717, 1.165) is 0 Å². The monoisotopic (exact) mass is 418 g/mol. The second-order valence-electron chi connectivity index (χ2n) is 6.03. The molecule has 0 N–H and O–H groups in total. The first kappa shape index (κ1) is 18.7. The molecule has 0 heterocycles. The van der Waals surface area contributed by atoms with E-state index in [1.54, 1.807) is 6.56 Å². The predicted molar refractivity (Wildman–Crippen MR) is 85.7 cm³/mol. The van der Waals surface area contributed by atoms with E-state index in [-0.39, 0.29) is 24.8 Å². The molecular weight excluding hydrogens is 402 g/mol. The first-order valence-electron chi connectivity index (χ1n) is 7.62. The molecule has 0 bridgehead atoms.